The van der Waals surface area contributed by atoms with Gasteiger partial charge in [-0.05, 0) is 25.8 Å². The van der Waals surface area contributed by atoms with Crippen molar-refractivity contribution >= 4 is 33.3 Å². The third-order valence-corrected chi connectivity index (χ3v) is 5.08. The maximum Gasteiger partial charge on any atom is 0.310 e. The Balaban J connectivity index is 1.97. The zero-order chi connectivity index (χ0) is 14.3. The van der Waals surface area contributed by atoms with Gasteiger partial charge in [-0.25, -0.2) is 9.97 Å². The van der Waals surface area contributed by atoms with E-state index in [9.17, 15) is 4.79 Å². The lowest BCUT2D eigenvalue weighted by Crippen LogP contribution is -2.24. The Morgan fingerprint density at radius 2 is 2.25 bits per heavy atom. The average molecular weight is 291 g/mol. The molecular formula is C14H17N3O2S. The minimum Gasteiger partial charge on any atom is -0.469 e. The molecule has 2 aromatic rings. The number of fused-ring (bicyclic) bond motifs is 1. The smallest absolute Gasteiger partial charge is 0.310 e. The molecule has 0 saturated carbocycles. The van der Waals surface area contributed by atoms with E-state index in [2.05, 4.69) is 28.7 Å². The Labute approximate surface area is 121 Å². The number of esters is 1. The maximum absolute atomic E-state index is 11.6. The van der Waals surface area contributed by atoms with Crippen LogP contribution in [0.2, 0.25) is 0 Å². The fourth-order valence-corrected chi connectivity index (χ4v) is 3.71. The summed E-state index contributed by atoms with van der Waals surface area (Å²) in [4.78, 5) is 24.9. The molecule has 5 nitrogen and oxygen atoms in total. The van der Waals surface area contributed by atoms with Crippen LogP contribution in [0.3, 0.4) is 0 Å². The van der Waals surface area contributed by atoms with Crippen molar-refractivity contribution < 1.29 is 9.53 Å². The van der Waals surface area contributed by atoms with Crippen LogP contribution in [0.15, 0.2) is 6.33 Å². The molecule has 1 aliphatic heterocycles. The number of carbonyl (C=O) groups excluding carboxylic acids is 1. The van der Waals surface area contributed by atoms with E-state index in [0.717, 1.165) is 29.0 Å². The van der Waals surface area contributed by atoms with E-state index in [1.165, 1.54) is 17.6 Å². The van der Waals surface area contributed by atoms with Gasteiger partial charge in [-0.2, -0.15) is 0 Å². The maximum atomic E-state index is 11.6. The molecule has 2 aromatic heterocycles. The Bertz CT molecular complexity index is 668. The van der Waals surface area contributed by atoms with Gasteiger partial charge in [-0.1, -0.05) is 0 Å². The van der Waals surface area contributed by atoms with E-state index >= 15 is 0 Å². The molecule has 0 aliphatic carbocycles. The second-order valence-electron chi connectivity index (χ2n) is 5.12. The SMILES string of the molecule is COC(=O)C1CCN(c2ncnc3sc(C)c(C)c23)C1. The van der Waals surface area contributed by atoms with Crippen molar-refractivity contribution in [1.29, 1.82) is 0 Å². The molecule has 3 heterocycles. The number of aryl methyl sites for hydroxylation is 2. The molecule has 1 atom stereocenters. The van der Waals surface area contributed by atoms with Crippen LogP contribution in [0.5, 0.6) is 0 Å². The normalized spacial score (nSPS) is 18.8. The molecule has 0 N–H and O–H groups in total. The standard InChI is InChI=1S/C14H17N3O2S/c1-8-9(2)20-13-11(8)12(15-7-16-13)17-5-4-10(6-17)14(18)19-3/h7,10H,4-6H2,1-3H3. The lowest BCUT2D eigenvalue weighted by Gasteiger charge is -2.18. The minimum absolute atomic E-state index is 0.0509. The van der Waals surface area contributed by atoms with Crippen LogP contribution in [-0.4, -0.2) is 36.1 Å². The summed E-state index contributed by atoms with van der Waals surface area (Å²) in [5.41, 5.74) is 1.24. The van der Waals surface area contributed by atoms with Crippen molar-refractivity contribution in [2.24, 2.45) is 5.92 Å². The van der Waals surface area contributed by atoms with Gasteiger partial charge in [0, 0.05) is 18.0 Å². The lowest BCUT2D eigenvalue weighted by atomic mass is 10.1. The molecule has 106 valence electrons. The van der Waals surface area contributed by atoms with Gasteiger partial charge >= 0.3 is 5.97 Å². The Morgan fingerprint density at radius 3 is 3.00 bits per heavy atom. The van der Waals surface area contributed by atoms with Crippen LogP contribution in [-0.2, 0) is 9.53 Å². The van der Waals surface area contributed by atoms with Gasteiger partial charge in [-0.15, -0.1) is 11.3 Å². The number of carbonyl (C=O) groups is 1. The topological polar surface area (TPSA) is 55.3 Å². The highest BCUT2D eigenvalue weighted by Crippen LogP contribution is 2.36. The highest BCUT2D eigenvalue weighted by molar-refractivity contribution is 7.18. The zero-order valence-corrected chi connectivity index (χ0v) is 12.7. The predicted octanol–water partition coefficient (Wildman–Crippen LogP) is 2.31. The Hall–Kier alpha value is -1.69. The van der Waals surface area contributed by atoms with Crippen molar-refractivity contribution in [3.63, 3.8) is 0 Å². The van der Waals surface area contributed by atoms with E-state index in [1.54, 1.807) is 17.7 Å². The van der Waals surface area contributed by atoms with Crippen LogP contribution in [0.4, 0.5) is 5.82 Å². The van der Waals surface area contributed by atoms with E-state index in [4.69, 9.17) is 4.74 Å². The predicted molar refractivity (Wildman–Crippen MR) is 79.2 cm³/mol. The molecule has 1 fully saturated rings. The number of ether oxygens (including phenoxy) is 1. The zero-order valence-electron chi connectivity index (χ0n) is 11.8. The first kappa shape index (κ1) is 13.3. The highest BCUT2D eigenvalue weighted by Gasteiger charge is 2.31. The quantitative estimate of drug-likeness (QED) is 0.795. The average Bonchev–Trinajstić information content (AvgIpc) is 3.04. The molecular weight excluding hydrogens is 274 g/mol. The first-order valence-corrected chi connectivity index (χ1v) is 7.47. The highest BCUT2D eigenvalue weighted by atomic mass is 32.1. The van der Waals surface area contributed by atoms with Crippen molar-refractivity contribution in [3.8, 4) is 0 Å². The van der Waals surface area contributed by atoms with Gasteiger partial charge in [0.05, 0.1) is 18.4 Å². The summed E-state index contributed by atoms with van der Waals surface area (Å²) in [6, 6.07) is 0. The van der Waals surface area contributed by atoms with Crippen LogP contribution < -0.4 is 4.90 Å². The first-order valence-electron chi connectivity index (χ1n) is 6.65. The number of rotatable bonds is 2. The number of aromatic nitrogens is 2. The van der Waals surface area contributed by atoms with Crippen LogP contribution >= 0.6 is 11.3 Å². The van der Waals surface area contributed by atoms with E-state index < -0.39 is 0 Å². The molecule has 1 saturated heterocycles. The molecule has 1 aliphatic rings. The Morgan fingerprint density at radius 1 is 1.45 bits per heavy atom. The van der Waals surface area contributed by atoms with Gasteiger partial charge in [0.15, 0.2) is 0 Å². The molecule has 0 aromatic carbocycles. The van der Waals surface area contributed by atoms with Gasteiger partial charge in [0.1, 0.15) is 17.0 Å². The van der Waals surface area contributed by atoms with Crippen LogP contribution in [0, 0.1) is 19.8 Å². The summed E-state index contributed by atoms with van der Waals surface area (Å²) in [5.74, 6) is 0.768. The van der Waals surface area contributed by atoms with Crippen molar-refractivity contribution in [2.45, 2.75) is 20.3 Å². The summed E-state index contributed by atoms with van der Waals surface area (Å²) in [6.07, 6.45) is 2.43. The van der Waals surface area contributed by atoms with Crippen molar-refractivity contribution in [1.82, 2.24) is 9.97 Å². The van der Waals surface area contributed by atoms with Gasteiger partial charge in [0.2, 0.25) is 0 Å². The summed E-state index contributed by atoms with van der Waals surface area (Å²) in [6.45, 7) is 5.72. The van der Waals surface area contributed by atoms with Crippen LogP contribution in [0.1, 0.15) is 16.9 Å². The summed E-state index contributed by atoms with van der Waals surface area (Å²) >= 11 is 1.69. The van der Waals surface area contributed by atoms with Gasteiger partial charge in [0.25, 0.3) is 0 Å². The molecule has 3 rings (SSSR count). The van der Waals surface area contributed by atoms with E-state index in [-0.39, 0.29) is 11.9 Å². The summed E-state index contributed by atoms with van der Waals surface area (Å²) in [7, 11) is 1.44. The van der Waals surface area contributed by atoms with Crippen molar-refractivity contribution in [2.75, 3.05) is 25.1 Å². The number of hydrogen-bond acceptors (Lipinski definition) is 6. The number of hydrogen-bond donors (Lipinski definition) is 0. The monoisotopic (exact) mass is 291 g/mol. The van der Waals surface area contributed by atoms with E-state index in [0.29, 0.717) is 6.54 Å². The molecule has 0 amide bonds. The third-order valence-electron chi connectivity index (χ3n) is 3.97. The number of thiophene rings is 1. The minimum atomic E-state index is -0.129. The largest absolute Gasteiger partial charge is 0.469 e. The van der Waals surface area contributed by atoms with Gasteiger partial charge < -0.3 is 9.64 Å². The van der Waals surface area contributed by atoms with E-state index in [1.807, 2.05) is 0 Å². The molecule has 0 spiro atoms. The van der Waals surface area contributed by atoms with Crippen molar-refractivity contribution in [3.05, 3.63) is 16.8 Å². The summed E-state index contributed by atoms with van der Waals surface area (Å²) in [5, 5.41) is 1.13. The molecule has 1 unspecified atom stereocenters. The second-order valence-corrected chi connectivity index (χ2v) is 6.32. The number of nitrogens with zero attached hydrogens (tertiary/aromatic N) is 3. The first-order chi connectivity index (χ1) is 9.61. The Kier molecular flexibility index (Phi) is 3.33. The fourth-order valence-electron chi connectivity index (χ4n) is 2.72. The fraction of sp³-hybridized carbons (Fsp3) is 0.500. The number of methoxy groups -OCH3 is 1. The number of anilines is 1. The molecule has 20 heavy (non-hydrogen) atoms. The second kappa shape index (κ2) is 5.01. The van der Waals surface area contributed by atoms with Crippen LogP contribution in [0.25, 0.3) is 10.2 Å². The molecule has 0 radical (unpaired) electrons. The summed E-state index contributed by atoms with van der Waals surface area (Å²) < 4.78 is 4.84. The molecule has 6 heteroatoms. The lowest BCUT2D eigenvalue weighted by molar-refractivity contribution is -0.144. The molecule has 0 bridgehead atoms. The third kappa shape index (κ3) is 2.04. The van der Waals surface area contributed by atoms with Gasteiger partial charge in [-0.3, -0.25) is 4.79 Å².